The van der Waals surface area contributed by atoms with E-state index >= 15 is 0 Å². The molecule has 0 spiro atoms. The third kappa shape index (κ3) is 5.08. The van der Waals surface area contributed by atoms with Gasteiger partial charge in [-0.15, -0.1) is 0 Å². The average molecular weight is 495 g/mol. The summed E-state index contributed by atoms with van der Waals surface area (Å²) in [5.41, 5.74) is 2.53. The molecule has 4 rings (SSSR count). The fourth-order valence-electron chi connectivity index (χ4n) is 5.12. The van der Waals surface area contributed by atoms with Gasteiger partial charge in [0.1, 0.15) is 12.2 Å². The lowest BCUT2D eigenvalue weighted by molar-refractivity contribution is -0.143. The summed E-state index contributed by atoms with van der Waals surface area (Å²) in [6.07, 6.45) is 6.67. The van der Waals surface area contributed by atoms with Gasteiger partial charge >= 0.3 is 11.9 Å². The molecule has 0 radical (unpaired) electrons. The van der Waals surface area contributed by atoms with Crippen LogP contribution in [0.1, 0.15) is 31.7 Å². The lowest BCUT2D eigenvalue weighted by Gasteiger charge is -2.27. The van der Waals surface area contributed by atoms with Crippen molar-refractivity contribution in [3.63, 3.8) is 0 Å². The number of fused-ring (bicyclic) bond motifs is 2. The molecule has 0 N–H and O–H groups in total. The molecular formula is C28H30O8. The molecule has 8 nitrogen and oxygen atoms in total. The van der Waals surface area contributed by atoms with Gasteiger partial charge in [0.2, 0.25) is 5.75 Å². The van der Waals surface area contributed by atoms with Crippen molar-refractivity contribution in [1.29, 1.82) is 0 Å². The van der Waals surface area contributed by atoms with Crippen molar-refractivity contribution in [1.82, 2.24) is 0 Å². The molecule has 1 fully saturated rings. The Morgan fingerprint density at radius 2 is 1.72 bits per heavy atom. The number of ketones is 1. The number of carbonyl (C=O) groups excluding carboxylic acids is 3. The van der Waals surface area contributed by atoms with Crippen LogP contribution in [0.15, 0.2) is 53.7 Å². The molecule has 1 heterocycles. The van der Waals surface area contributed by atoms with Crippen LogP contribution in [0.5, 0.6) is 17.2 Å². The highest BCUT2D eigenvalue weighted by atomic mass is 16.6. The number of benzene rings is 1. The first kappa shape index (κ1) is 25.3. The van der Waals surface area contributed by atoms with Gasteiger partial charge in [-0.05, 0) is 60.8 Å². The SMILES string of the molecule is C=C1C(=O)C[C@H]2CC3=C[C@@H](C/C(C)=C/[C@@H](OC(=O)/C=C/c4cc(OC)c(OC)c(OC)c4)[C@H]12)OC3=O. The Balaban J connectivity index is 1.59. The highest BCUT2D eigenvalue weighted by Crippen LogP contribution is 2.43. The molecule has 0 unspecified atom stereocenters. The van der Waals surface area contributed by atoms with Gasteiger partial charge in [0.05, 0.1) is 21.3 Å². The highest BCUT2D eigenvalue weighted by molar-refractivity contribution is 5.99. The summed E-state index contributed by atoms with van der Waals surface area (Å²) in [4.78, 5) is 37.8. The van der Waals surface area contributed by atoms with Crippen LogP contribution in [-0.2, 0) is 23.9 Å². The maximum absolute atomic E-state index is 12.9. The molecule has 1 saturated carbocycles. The molecule has 8 heteroatoms. The highest BCUT2D eigenvalue weighted by Gasteiger charge is 2.44. The van der Waals surface area contributed by atoms with E-state index in [1.54, 1.807) is 18.2 Å². The predicted molar refractivity (Wildman–Crippen MR) is 132 cm³/mol. The second-order valence-corrected chi connectivity index (χ2v) is 9.19. The summed E-state index contributed by atoms with van der Waals surface area (Å²) in [5, 5.41) is 0. The third-order valence-electron chi connectivity index (χ3n) is 6.78. The Morgan fingerprint density at radius 3 is 2.36 bits per heavy atom. The maximum Gasteiger partial charge on any atom is 0.334 e. The average Bonchev–Trinajstić information content (AvgIpc) is 3.32. The van der Waals surface area contributed by atoms with Crippen molar-refractivity contribution in [2.75, 3.05) is 21.3 Å². The number of hydrogen-bond acceptors (Lipinski definition) is 8. The van der Waals surface area contributed by atoms with Crippen LogP contribution >= 0.6 is 0 Å². The molecule has 36 heavy (non-hydrogen) atoms. The minimum atomic E-state index is -0.695. The van der Waals surface area contributed by atoms with Crippen molar-refractivity contribution in [3.05, 3.63) is 59.2 Å². The first-order valence-corrected chi connectivity index (χ1v) is 11.7. The van der Waals surface area contributed by atoms with E-state index in [1.807, 2.05) is 19.1 Å². The summed E-state index contributed by atoms with van der Waals surface area (Å²) in [7, 11) is 4.54. The van der Waals surface area contributed by atoms with Crippen molar-refractivity contribution in [2.45, 2.75) is 38.4 Å². The second-order valence-electron chi connectivity index (χ2n) is 9.19. The molecular weight excluding hydrogens is 464 g/mol. The van der Waals surface area contributed by atoms with E-state index in [2.05, 4.69) is 6.58 Å². The first-order chi connectivity index (χ1) is 17.2. The van der Waals surface area contributed by atoms with Crippen LogP contribution in [-0.4, -0.2) is 51.3 Å². The monoisotopic (exact) mass is 494 g/mol. The Kier molecular flexibility index (Phi) is 7.33. The molecule has 2 bridgehead atoms. The van der Waals surface area contributed by atoms with E-state index < -0.39 is 18.0 Å². The number of methoxy groups -OCH3 is 3. The molecule has 1 aromatic rings. The van der Waals surface area contributed by atoms with E-state index in [4.69, 9.17) is 23.7 Å². The smallest absolute Gasteiger partial charge is 0.334 e. The fraction of sp³-hybridized carbons (Fsp3) is 0.393. The minimum Gasteiger partial charge on any atom is -0.493 e. The van der Waals surface area contributed by atoms with Gasteiger partial charge in [0.25, 0.3) is 0 Å². The van der Waals surface area contributed by atoms with E-state index in [1.165, 1.54) is 27.4 Å². The van der Waals surface area contributed by atoms with E-state index in [-0.39, 0.29) is 30.2 Å². The summed E-state index contributed by atoms with van der Waals surface area (Å²) in [6.45, 7) is 5.88. The van der Waals surface area contributed by atoms with Crippen LogP contribution in [0.3, 0.4) is 0 Å². The summed E-state index contributed by atoms with van der Waals surface area (Å²) >= 11 is 0. The molecule has 1 aliphatic heterocycles. The number of rotatable bonds is 6. The Hall–Kier alpha value is -3.81. The van der Waals surface area contributed by atoms with Gasteiger partial charge in [-0.3, -0.25) is 4.79 Å². The van der Waals surface area contributed by atoms with Crippen molar-refractivity contribution in [2.24, 2.45) is 11.8 Å². The van der Waals surface area contributed by atoms with Crippen LogP contribution in [0.25, 0.3) is 6.08 Å². The van der Waals surface area contributed by atoms with E-state index in [0.29, 0.717) is 46.8 Å². The van der Waals surface area contributed by atoms with Crippen LogP contribution in [0.4, 0.5) is 0 Å². The molecule has 2 aliphatic carbocycles. The minimum absolute atomic E-state index is 0.0761. The zero-order chi connectivity index (χ0) is 26.0. The van der Waals surface area contributed by atoms with Gasteiger partial charge in [0.15, 0.2) is 17.3 Å². The van der Waals surface area contributed by atoms with Gasteiger partial charge in [-0.25, -0.2) is 9.59 Å². The zero-order valence-corrected chi connectivity index (χ0v) is 20.9. The normalized spacial score (nSPS) is 27.1. The third-order valence-corrected chi connectivity index (χ3v) is 6.78. The Morgan fingerprint density at radius 1 is 1.03 bits per heavy atom. The largest absolute Gasteiger partial charge is 0.493 e. The lowest BCUT2D eigenvalue weighted by Crippen LogP contribution is -2.29. The number of hydrogen-bond donors (Lipinski definition) is 0. The fourth-order valence-corrected chi connectivity index (χ4v) is 5.12. The first-order valence-electron chi connectivity index (χ1n) is 11.7. The molecule has 1 aromatic carbocycles. The number of ether oxygens (including phenoxy) is 5. The summed E-state index contributed by atoms with van der Waals surface area (Å²) in [6, 6.07) is 3.43. The van der Waals surface area contributed by atoms with Crippen LogP contribution < -0.4 is 14.2 Å². The van der Waals surface area contributed by atoms with Crippen LogP contribution in [0, 0.1) is 11.8 Å². The van der Waals surface area contributed by atoms with Crippen molar-refractivity contribution >= 4 is 23.8 Å². The number of carbonyl (C=O) groups is 3. The zero-order valence-electron chi connectivity index (χ0n) is 20.9. The van der Waals surface area contributed by atoms with E-state index in [9.17, 15) is 14.4 Å². The molecule has 3 aliphatic rings. The van der Waals surface area contributed by atoms with Crippen molar-refractivity contribution in [3.8, 4) is 17.2 Å². The lowest BCUT2D eigenvalue weighted by atomic mass is 9.82. The van der Waals surface area contributed by atoms with E-state index in [0.717, 1.165) is 5.57 Å². The van der Waals surface area contributed by atoms with Gasteiger partial charge < -0.3 is 23.7 Å². The van der Waals surface area contributed by atoms with Crippen LogP contribution in [0.2, 0.25) is 0 Å². The molecule has 0 amide bonds. The Labute approximate surface area is 210 Å². The predicted octanol–water partition coefficient (Wildman–Crippen LogP) is 3.99. The van der Waals surface area contributed by atoms with Gasteiger partial charge in [0, 0.05) is 30.4 Å². The quantitative estimate of drug-likeness (QED) is 0.333. The van der Waals surface area contributed by atoms with Gasteiger partial charge in [-0.2, -0.15) is 0 Å². The standard InChI is InChI=1S/C28H30O8/c1-15-8-20-13-19(28(31)35-20)12-18-14-21(29)16(2)26(18)22(9-15)36-25(30)7-6-17-10-23(32-3)27(34-5)24(11-17)33-4/h6-7,9-11,13,18,20,22,26H,2,8,12,14H2,1,3-5H3/b7-6+,15-9+/t18-,20-,22-,26-/m1/s1. The second kappa shape index (κ2) is 10.4. The number of Topliss-reactive ketones (excluding diaryl/α,β-unsaturated/α-hetero) is 1. The molecule has 190 valence electrons. The topological polar surface area (TPSA) is 97.4 Å². The summed E-state index contributed by atoms with van der Waals surface area (Å²) < 4.78 is 27.4. The number of esters is 2. The van der Waals surface area contributed by atoms with Crippen molar-refractivity contribution < 1.29 is 38.1 Å². The Bertz CT molecular complexity index is 1160. The maximum atomic E-state index is 12.9. The molecule has 0 saturated heterocycles. The van der Waals surface area contributed by atoms with Gasteiger partial charge in [-0.1, -0.05) is 12.2 Å². The summed E-state index contributed by atoms with van der Waals surface area (Å²) in [5.74, 6) is -0.259. The molecule has 4 atom stereocenters. The molecule has 0 aromatic heterocycles.